The summed E-state index contributed by atoms with van der Waals surface area (Å²) in [5.74, 6) is -0.00490. The van der Waals surface area contributed by atoms with Crippen LogP contribution in [0.15, 0.2) is 27.6 Å². The Morgan fingerprint density at radius 2 is 2.17 bits per heavy atom. The lowest BCUT2D eigenvalue weighted by Crippen LogP contribution is -2.34. The standard InChI is InChI=1S/C13H18BrNO2S/c1-3-15(7-8-17-4-2)13(16)11-6-5-10(14)9-12(11)18/h5-6,9,18H,3-4,7-8H2,1-2H3. The molecule has 1 aromatic rings. The fraction of sp³-hybridized carbons (Fsp3) is 0.462. The number of hydrogen-bond donors (Lipinski definition) is 1. The molecule has 1 rings (SSSR count). The zero-order chi connectivity index (χ0) is 13.5. The van der Waals surface area contributed by atoms with Gasteiger partial charge in [-0.25, -0.2) is 0 Å². The third kappa shape index (κ3) is 4.30. The van der Waals surface area contributed by atoms with Crippen molar-refractivity contribution in [2.45, 2.75) is 18.7 Å². The minimum atomic E-state index is -0.00490. The molecule has 0 heterocycles. The van der Waals surface area contributed by atoms with Gasteiger partial charge in [-0.3, -0.25) is 4.79 Å². The van der Waals surface area contributed by atoms with Crippen LogP contribution in [-0.4, -0.2) is 37.1 Å². The van der Waals surface area contributed by atoms with Crippen molar-refractivity contribution in [3.05, 3.63) is 28.2 Å². The minimum absolute atomic E-state index is 0.00490. The second-order valence-corrected chi connectivity index (χ2v) is 5.14. The molecule has 0 spiro atoms. The second kappa shape index (κ2) is 7.81. The molecule has 18 heavy (non-hydrogen) atoms. The summed E-state index contributed by atoms with van der Waals surface area (Å²) in [6.07, 6.45) is 0. The third-order valence-electron chi connectivity index (χ3n) is 2.57. The lowest BCUT2D eigenvalue weighted by molar-refractivity contribution is 0.0666. The lowest BCUT2D eigenvalue weighted by atomic mass is 10.2. The number of carbonyl (C=O) groups is 1. The molecule has 0 radical (unpaired) electrons. The molecule has 0 bridgehead atoms. The molecule has 0 aliphatic carbocycles. The maximum absolute atomic E-state index is 12.3. The van der Waals surface area contributed by atoms with Crippen molar-refractivity contribution in [1.29, 1.82) is 0 Å². The predicted molar refractivity (Wildman–Crippen MR) is 79.5 cm³/mol. The van der Waals surface area contributed by atoms with Crippen molar-refractivity contribution in [1.82, 2.24) is 4.90 Å². The number of hydrogen-bond acceptors (Lipinski definition) is 3. The number of likely N-dealkylation sites (N-methyl/N-ethyl adjacent to an activating group) is 1. The molecule has 0 atom stereocenters. The normalized spacial score (nSPS) is 10.4. The van der Waals surface area contributed by atoms with Gasteiger partial charge < -0.3 is 9.64 Å². The number of rotatable bonds is 6. The van der Waals surface area contributed by atoms with Crippen molar-refractivity contribution in [2.75, 3.05) is 26.3 Å². The van der Waals surface area contributed by atoms with Crippen molar-refractivity contribution in [3.8, 4) is 0 Å². The summed E-state index contributed by atoms with van der Waals surface area (Å²) >= 11 is 7.70. The van der Waals surface area contributed by atoms with Crippen LogP contribution in [0.1, 0.15) is 24.2 Å². The highest BCUT2D eigenvalue weighted by Crippen LogP contribution is 2.21. The highest BCUT2D eigenvalue weighted by Gasteiger charge is 2.16. The predicted octanol–water partition coefficient (Wildman–Crippen LogP) is 3.24. The summed E-state index contributed by atoms with van der Waals surface area (Å²) in [7, 11) is 0. The Morgan fingerprint density at radius 1 is 1.44 bits per heavy atom. The van der Waals surface area contributed by atoms with Gasteiger partial charge in [0, 0.05) is 29.1 Å². The zero-order valence-electron chi connectivity index (χ0n) is 10.6. The molecule has 3 nitrogen and oxygen atoms in total. The molecule has 5 heteroatoms. The first-order valence-corrected chi connectivity index (χ1v) is 7.19. The maximum atomic E-state index is 12.3. The molecule has 0 aliphatic heterocycles. The number of halogens is 1. The van der Waals surface area contributed by atoms with Crippen molar-refractivity contribution in [2.24, 2.45) is 0 Å². The van der Waals surface area contributed by atoms with E-state index in [4.69, 9.17) is 4.74 Å². The van der Waals surface area contributed by atoms with E-state index in [9.17, 15) is 4.79 Å². The molecule has 1 aromatic carbocycles. The summed E-state index contributed by atoms with van der Waals surface area (Å²) in [5, 5.41) is 0. The van der Waals surface area contributed by atoms with Gasteiger partial charge in [-0.05, 0) is 32.0 Å². The van der Waals surface area contributed by atoms with Crippen molar-refractivity contribution < 1.29 is 9.53 Å². The number of benzene rings is 1. The van der Waals surface area contributed by atoms with Gasteiger partial charge in [-0.2, -0.15) is 0 Å². The summed E-state index contributed by atoms with van der Waals surface area (Å²) in [4.78, 5) is 14.8. The van der Waals surface area contributed by atoms with E-state index in [1.54, 1.807) is 11.0 Å². The van der Waals surface area contributed by atoms with Crippen LogP contribution in [0.25, 0.3) is 0 Å². The van der Waals surface area contributed by atoms with E-state index in [2.05, 4.69) is 28.6 Å². The van der Waals surface area contributed by atoms with Crippen LogP contribution in [0.5, 0.6) is 0 Å². The van der Waals surface area contributed by atoms with E-state index < -0.39 is 0 Å². The molecule has 0 saturated carbocycles. The number of thiol groups is 1. The first-order chi connectivity index (χ1) is 8.60. The van der Waals surface area contributed by atoms with Crippen LogP contribution in [0.4, 0.5) is 0 Å². The van der Waals surface area contributed by atoms with Gasteiger partial charge in [0.2, 0.25) is 0 Å². The first-order valence-electron chi connectivity index (χ1n) is 5.95. The van der Waals surface area contributed by atoms with Crippen molar-refractivity contribution >= 4 is 34.5 Å². The molecule has 0 fully saturated rings. The van der Waals surface area contributed by atoms with Crippen LogP contribution in [0.3, 0.4) is 0 Å². The van der Waals surface area contributed by atoms with Crippen LogP contribution < -0.4 is 0 Å². The fourth-order valence-electron chi connectivity index (χ4n) is 1.58. The van der Waals surface area contributed by atoms with Gasteiger partial charge in [0.1, 0.15) is 0 Å². The number of nitrogens with zero attached hydrogens (tertiary/aromatic N) is 1. The summed E-state index contributed by atoms with van der Waals surface area (Å²) in [6.45, 7) is 6.40. The SMILES string of the molecule is CCOCCN(CC)C(=O)c1ccc(Br)cc1S. The third-order valence-corrected chi connectivity index (χ3v) is 3.43. The van der Waals surface area contributed by atoms with E-state index in [1.807, 2.05) is 26.0 Å². The smallest absolute Gasteiger partial charge is 0.255 e. The van der Waals surface area contributed by atoms with Gasteiger partial charge in [-0.1, -0.05) is 15.9 Å². The molecular weight excluding hydrogens is 314 g/mol. The van der Waals surface area contributed by atoms with E-state index in [1.165, 1.54) is 0 Å². The molecule has 0 unspecified atom stereocenters. The minimum Gasteiger partial charge on any atom is -0.380 e. The highest BCUT2D eigenvalue weighted by molar-refractivity contribution is 9.10. The summed E-state index contributed by atoms with van der Waals surface area (Å²) in [5.41, 5.74) is 0.625. The Labute approximate surface area is 122 Å². The molecule has 0 aliphatic rings. The van der Waals surface area contributed by atoms with Gasteiger partial charge in [0.25, 0.3) is 5.91 Å². The molecule has 0 saturated heterocycles. The zero-order valence-corrected chi connectivity index (χ0v) is 13.1. The van der Waals surface area contributed by atoms with Gasteiger partial charge in [0.15, 0.2) is 0 Å². The average molecular weight is 332 g/mol. The largest absolute Gasteiger partial charge is 0.380 e. The summed E-state index contributed by atoms with van der Waals surface area (Å²) < 4.78 is 6.20. The van der Waals surface area contributed by atoms with Crippen LogP contribution in [0.2, 0.25) is 0 Å². The van der Waals surface area contributed by atoms with Gasteiger partial charge in [0.05, 0.1) is 12.2 Å². The Balaban J connectivity index is 2.76. The number of carbonyl (C=O) groups excluding carboxylic acids is 1. The van der Waals surface area contributed by atoms with E-state index in [-0.39, 0.29) is 5.91 Å². The fourth-order valence-corrected chi connectivity index (χ4v) is 2.43. The van der Waals surface area contributed by atoms with Crippen LogP contribution >= 0.6 is 28.6 Å². The summed E-state index contributed by atoms with van der Waals surface area (Å²) in [6, 6.07) is 5.47. The van der Waals surface area contributed by atoms with E-state index >= 15 is 0 Å². The van der Waals surface area contributed by atoms with E-state index in [0.29, 0.717) is 36.8 Å². The van der Waals surface area contributed by atoms with Crippen LogP contribution in [-0.2, 0) is 4.74 Å². The molecule has 0 aromatic heterocycles. The molecule has 1 amide bonds. The maximum Gasteiger partial charge on any atom is 0.255 e. The van der Waals surface area contributed by atoms with Gasteiger partial charge >= 0.3 is 0 Å². The average Bonchev–Trinajstić information content (AvgIpc) is 2.34. The quantitative estimate of drug-likeness (QED) is 0.640. The van der Waals surface area contributed by atoms with Crippen molar-refractivity contribution in [3.63, 3.8) is 0 Å². The molecule has 100 valence electrons. The first kappa shape index (κ1) is 15.5. The molecular formula is C13H18BrNO2S. The number of amides is 1. The Hall–Kier alpha value is -0.520. The number of ether oxygens (including phenoxy) is 1. The Morgan fingerprint density at radius 3 is 2.72 bits per heavy atom. The molecule has 0 N–H and O–H groups in total. The highest BCUT2D eigenvalue weighted by atomic mass is 79.9. The van der Waals surface area contributed by atoms with Gasteiger partial charge in [-0.15, -0.1) is 12.6 Å². The van der Waals surface area contributed by atoms with E-state index in [0.717, 1.165) is 4.47 Å². The monoisotopic (exact) mass is 331 g/mol. The Kier molecular flexibility index (Phi) is 6.75. The topological polar surface area (TPSA) is 29.5 Å². The lowest BCUT2D eigenvalue weighted by Gasteiger charge is -2.21. The van der Waals surface area contributed by atoms with Crippen LogP contribution in [0, 0.1) is 0 Å². The Bertz CT molecular complexity index is 412. The second-order valence-electron chi connectivity index (χ2n) is 3.74.